The Kier molecular flexibility index (Phi) is 4.39. The number of hydrogen-bond acceptors (Lipinski definition) is 2. The highest BCUT2D eigenvalue weighted by molar-refractivity contribution is 6.30. The van der Waals surface area contributed by atoms with Gasteiger partial charge in [0.25, 0.3) is 0 Å². The van der Waals surface area contributed by atoms with Gasteiger partial charge in [-0.1, -0.05) is 30.7 Å². The van der Waals surface area contributed by atoms with Gasteiger partial charge in [-0.15, -0.1) is 0 Å². The fourth-order valence-electron chi connectivity index (χ4n) is 2.07. The fourth-order valence-corrected chi connectivity index (χ4v) is 2.27. The lowest BCUT2D eigenvalue weighted by Gasteiger charge is -2.21. The van der Waals surface area contributed by atoms with E-state index in [-0.39, 0.29) is 12.1 Å². The third-order valence-electron chi connectivity index (χ3n) is 3.04. The van der Waals surface area contributed by atoms with Crippen LogP contribution in [0.3, 0.4) is 0 Å². The SMILES string of the molecule is CCC(NC(C)c1ncc[nH]1)c1cccc(Cl)c1. The minimum atomic E-state index is 0.184. The molecule has 0 spiro atoms. The lowest BCUT2D eigenvalue weighted by atomic mass is 10.0. The van der Waals surface area contributed by atoms with Crippen LogP contribution in [-0.4, -0.2) is 9.97 Å². The molecule has 0 aliphatic rings. The summed E-state index contributed by atoms with van der Waals surface area (Å²) in [6.07, 6.45) is 4.62. The molecule has 18 heavy (non-hydrogen) atoms. The summed E-state index contributed by atoms with van der Waals surface area (Å²) < 4.78 is 0. The van der Waals surface area contributed by atoms with Crippen molar-refractivity contribution in [1.82, 2.24) is 15.3 Å². The summed E-state index contributed by atoms with van der Waals surface area (Å²) in [6, 6.07) is 8.46. The molecule has 2 unspecified atom stereocenters. The Balaban J connectivity index is 2.10. The van der Waals surface area contributed by atoms with Crippen molar-refractivity contribution in [2.45, 2.75) is 32.4 Å². The van der Waals surface area contributed by atoms with E-state index < -0.39 is 0 Å². The van der Waals surface area contributed by atoms with E-state index >= 15 is 0 Å². The van der Waals surface area contributed by atoms with Gasteiger partial charge in [0.1, 0.15) is 5.82 Å². The predicted octanol–water partition coefficient (Wildman–Crippen LogP) is 3.87. The number of halogens is 1. The molecule has 1 aromatic heterocycles. The largest absolute Gasteiger partial charge is 0.347 e. The van der Waals surface area contributed by atoms with Crippen LogP contribution < -0.4 is 5.32 Å². The van der Waals surface area contributed by atoms with Crippen LogP contribution in [0.2, 0.25) is 5.02 Å². The van der Waals surface area contributed by atoms with Crippen molar-refractivity contribution in [3.63, 3.8) is 0 Å². The number of benzene rings is 1. The minimum Gasteiger partial charge on any atom is -0.347 e. The molecule has 0 fully saturated rings. The van der Waals surface area contributed by atoms with Crippen molar-refractivity contribution in [3.8, 4) is 0 Å². The smallest absolute Gasteiger partial charge is 0.122 e. The van der Waals surface area contributed by atoms with Gasteiger partial charge in [-0.2, -0.15) is 0 Å². The average Bonchev–Trinajstić information content (AvgIpc) is 2.89. The van der Waals surface area contributed by atoms with Crippen molar-refractivity contribution < 1.29 is 0 Å². The van der Waals surface area contributed by atoms with Crippen molar-refractivity contribution >= 4 is 11.6 Å². The first kappa shape index (κ1) is 13.1. The summed E-state index contributed by atoms with van der Waals surface area (Å²) in [5.74, 6) is 0.954. The summed E-state index contributed by atoms with van der Waals surface area (Å²) in [7, 11) is 0. The van der Waals surface area contributed by atoms with Gasteiger partial charge >= 0.3 is 0 Å². The average molecular weight is 264 g/mol. The Morgan fingerprint density at radius 3 is 2.89 bits per heavy atom. The Morgan fingerprint density at radius 2 is 2.28 bits per heavy atom. The lowest BCUT2D eigenvalue weighted by molar-refractivity contribution is 0.444. The van der Waals surface area contributed by atoms with Crippen LogP contribution in [0.15, 0.2) is 36.7 Å². The van der Waals surface area contributed by atoms with Crippen molar-refractivity contribution in [1.29, 1.82) is 0 Å². The molecule has 3 nitrogen and oxygen atoms in total. The second-order valence-corrected chi connectivity index (χ2v) is 4.82. The second kappa shape index (κ2) is 6.03. The van der Waals surface area contributed by atoms with Crippen LogP contribution in [0.1, 0.15) is 43.7 Å². The first-order chi connectivity index (χ1) is 8.70. The highest BCUT2D eigenvalue weighted by Gasteiger charge is 2.15. The quantitative estimate of drug-likeness (QED) is 0.860. The molecule has 1 aromatic carbocycles. The van der Waals surface area contributed by atoms with Crippen molar-refractivity contribution in [2.75, 3.05) is 0 Å². The van der Waals surface area contributed by atoms with Gasteiger partial charge < -0.3 is 10.3 Å². The van der Waals surface area contributed by atoms with E-state index in [0.717, 1.165) is 17.3 Å². The molecule has 0 radical (unpaired) electrons. The van der Waals surface area contributed by atoms with E-state index in [0.29, 0.717) is 0 Å². The van der Waals surface area contributed by atoms with E-state index in [9.17, 15) is 0 Å². The zero-order valence-corrected chi connectivity index (χ0v) is 11.4. The van der Waals surface area contributed by atoms with Crippen molar-refractivity contribution in [3.05, 3.63) is 53.1 Å². The topological polar surface area (TPSA) is 40.7 Å². The number of nitrogens with one attached hydrogen (secondary N) is 2. The predicted molar refractivity (Wildman–Crippen MR) is 74.6 cm³/mol. The minimum absolute atomic E-state index is 0.184. The second-order valence-electron chi connectivity index (χ2n) is 4.38. The van der Waals surface area contributed by atoms with Gasteiger partial charge in [0.2, 0.25) is 0 Å². The van der Waals surface area contributed by atoms with E-state index in [2.05, 4.69) is 35.2 Å². The Morgan fingerprint density at radius 1 is 1.44 bits per heavy atom. The number of aromatic nitrogens is 2. The lowest BCUT2D eigenvalue weighted by Crippen LogP contribution is -2.25. The molecule has 0 aliphatic heterocycles. The molecule has 4 heteroatoms. The number of hydrogen-bond donors (Lipinski definition) is 2. The van der Waals surface area contributed by atoms with Gasteiger partial charge in [0, 0.05) is 23.5 Å². The third-order valence-corrected chi connectivity index (χ3v) is 3.28. The number of imidazole rings is 1. The highest BCUT2D eigenvalue weighted by atomic mass is 35.5. The molecule has 2 aromatic rings. The van der Waals surface area contributed by atoms with E-state index in [1.807, 2.05) is 24.4 Å². The maximum Gasteiger partial charge on any atom is 0.122 e. The van der Waals surface area contributed by atoms with Gasteiger partial charge in [0.05, 0.1) is 6.04 Å². The standard InChI is InChI=1S/C14H18ClN3/c1-3-13(11-5-4-6-12(15)9-11)18-10(2)14-16-7-8-17-14/h4-10,13,18H,3H2,1-2H3,(H,16,17). The molecule has 0 saturated heterocycles. The molecule has 96 valence electrons. The van der Waals surface area contributed by atoms with Gasteiger partial charge in [-0.25, -0.2) is 4.98 Å². The van der Waals surface area contributed by atoms with Crippen LogP contribution in [-0.2, 0) is 0 Å². The van der Waals surface area contributed by atoms with E-state index in [1.165, 1.54) is 5.56 Å². The Labute approximate surface area is 113 Å². The molecule has 0 aliphatic carbocycles. The summed E-state index contributed by atoms with van der Waals surface area (Å²) in [5, 5.41) is 4.34. The number of H-pyrrole nitrogens is 1. The molecular weight excluding hydrogens is 246 g/mol. The molecular formula is C14H18ClN3. The maximum absolute atomic E-state index is 6.04. The van der Waals surface area contributed by atoms with Crippen LogP contribution in [0.4, 0.5) is 0 Å². The van der Waals surface area contributed by atoms with Crippen LogP contribution in [0.5, 0.6) is 0 Å². The molecule has 0 amide bonds. The van der Waals surface area contributed by atoms with Crippen LogP contribution in [0, 0.1) is 0 Å². The number of nitrogens with zero attached hydrogens (tertiary/aromatic N) is 1. The first-order valence-electron chi connectivity index (χ1n) is 6.21. The number of rotatable bonds is 5. The molecule has 2 N–H and O–H groups in total. The molecule has 2 atom stereocenters. The molecule has 2 rings (SSSR count). The van der Waals surface area contributed by atoms with E-state index in [1.54, 1.807) is 6.20 Å². The Hall–Kier alpha value is -1.32. The van der Waals surface area contributed by atoms with Crippen molar-refractivity contribution in [2.24, 2.45) is 0 Å². The summed E-state index contributed by atoms with van der Waals surface area (Å²) in [5.41, 5.74) is 1.21. The highest BCUT2D eigenvalue weighted by Crippen LogP contribution is 2.23. The fraction of sp³-hybridized carbons (Fsp3) is 0.357. The zero-order chi connectivity index (χ0) is 13.0. The number of aromatic amines is 1. The van der Waals surface area contributed by atoms with Crippen LogP contribution in [0.25, 0.3) is 0 Å². The van der Waals surface area contributed by atoms with Crippen LogP contribution >= 0.6 is 11.6 Å². The monoisotopic (exact) mass is 263 g/mol. The van der Waals surface area contributed by atoms with Gasteiger partial charge in [0.15, 0.2) is 0 Å². The normalized spacial score (nSPS) is 14.4. The van der Waals surface area contributed by atoms with Gasteiger partial charge in [-0.05, 0) is 31.0 Å². The maximum atomic E-state index is 6.04. The molecule has 1 heterocycles. The summed E-state index contributed by atoms with van der Waals surface area (Å²) in [4.78, 5) is 7.40. The van der Waals surface area contributed by atoms with Gasteiger partial charge in [-0.3, -0.25) is 0 Å². The zero-order valence-electron chi connectivity index (χ0n) is 10.7. The summed E-state index contributed by atoms with van der Waals surface area (Å²) in [6.45, 7) is 4.26. The third kappa shape index (κ3) is 3.12. The first-order valence-corrected chi connectivity index (χ1v) is 6.59. The summed E-state index contributed by atoms with van der Waals surface area (Å²) >= 11 is 6.04. The molecule has 0 saturated carbocycles. The molecule has 0 bridgehead atoms. The Bertz CT molecular complexity index is 482. The van der Waals surface area contributed by atoms with E-state index in [4.69, 9.17) is 11.6 Å².